The van der Waals surface area contributed by atoms with Crippen molar-refractivity contribution in [1.82, 2.24) is 4.90 Å². The molecule has 0 aromatic heterocycles. The Morgan fingerprint density at radius 3 is 2.24 bits per heavy atom. The van der Waals surface area contributed by atoms with Gasteiger partial charge in [0.1, 0.15) is 0 Å². The van der Waals surface area contributed by atoms with Crippen LogP contribution in [0.25, 0.3) is 0 Å². The molecular formula is C21H29N3O. The minimum atomic E-state index is -0.0602. The number of anilines is 2. The molecular weight excluding hydrogens is 310 g/mol. The van der Waals surface area contributed by atoms with Crippen LogP contribution < -0.4 is 10.6 Å². The van der Waals surface area contributed by atoms with E-state index in [4.69, 9.17) is 5.73 Å². The van der Waals surface area contributed by atoms with E-state index in [-0.39, 0.29) is 17.9 Å². The molecule has 0 saturated carbocycles. The second kappa shape index (κ2) is 8.06. The van der Waals surface area contributed by atoms with Crippen molar-refractivity contribution in [3.8, 4) is 0 Å². The van der Waals surface area contributed by atoms with Crippen LogP contribution in [-0.4, -0.2) is 24.9 Å². The average molecular weight is 339 g/mol. The van der Waals surface area contributed by atoms with Gasteiger partial charge in [-0.3, -0.25) is 4.79 Å². The van der Waals surface area contributed by atoms with Crippen LogP contribution >= 0.6 is 0 Å². The Morgan fingerprint density at radius 2 is 1.68 bits per heavy atom. The fourth-order valence-electron chi connectivity index (χ4n) is 3.00. The van der Waals surface area contributed by atoms with E-state index in [1.165, 1.54) is 0 Å². The average Bonchev–Trinajstić information content (AvgIpc) is 2.59. The molecule has 4 nitrogen and oxygen atoms in total. The van der Waals surface area contributed by atoms with E-state index in [2.05, 4.69) is 24.0 Å². The maximum absolute atomic E-state index is 12.9. The maximum atomic E-state index is 12.9. The molecule has 134 valence electrons. The third kappa shape index (κ3) is 4.53. The van der Waals surface area contributed by atoms with E-state index in [9.17, 15) is 4.79 Å². The van der Waals surface area contributed by atoms with Crippen molar-refractivity contribution in [2.75, 3.05) is 24.7 Å². The Hall–Kier alpha value is -2.49. The van der Waals surface area contributed by atoms with Gasteiger partial charge in [0.2, 0.25) is 5.91 Å². The Balaban J connectivity index is 2.41. The van der Waals surface area contributed by atoms with Gasteiger partial charge >= 0.3 is 0 Å². The molecule has 0 fully saturated rings. The highest BCUT2D eigenvalue weighted by atomic mass is 16.2. The predicted molar refractivity (Wildman–Crippen MR) is 105 cm³/mol. The second-order valence-electron chi connectivity index (χ2n) is 6.99. The molecule has 0 unspecified atom stereocenters. The first-order valence-electron chi connectivity index (χ1n) is 8.72. The third-order valence-electron chi connectivity index (χ3n) is 4.45. The molecule has 0 radical (unpaired) electrons. The fraction of sp³-hybridized carbons (Fsp3) is 0.381. The normalized spacial score (nSPS) is 12.1. The number of benzene rings is 2. The lowest BCUT2D eigenvalue weighted by Crippen LogP contribution is -2.36. The zero-order valence-corrected chi connectivity index (χ0v) is 15.9. The summed E-state index contributed by atoms with van der Waals surface area (Å²) in [6.45, 7) is 6.50. The van der Waals surface area contributed by atoms with Crippen LogP contribution in [-0.2, 0) is 11.3 Å². The quantitative estimate of drug-likeness (QED) is 0.807. The molecule has 2 aromatic carbocycles. The largest absolute Gasteiger partial charge is 0.399 e. The molecule has 0 aliphatic rings. The molecule has 0 spiro atoms. The number of nitrogens with zero attached hydrogens (tertiary/aromatic N) is 2. The zero-order valence-electron chi connectivity index (χ0n) is 15.9. The molecule has 2 rings (SSSR count). The van der Waals surface area contributed by atoms with Gasteiger partial charge in [-0.15, -0.1) is 0 Å². The minimum absolute atomic E-state index is 0.00690. The van der Waals surface area contributed by atoms with E-state index in [0.717, 1.165) is 16.8 Å². The van der Waals surface area contributed by atoms with Gasteiger partial charge < -0.3 is 15.5 Å². The van der Waals surface area contributed by atoms with E-state index < -0.39 is 0 Å². The SMILES string of the molecule is CC(C)C(=O)N(Cc1cc(N)ccc1N(C)C)[C@H](C)c1ccccc1. The van der Waals surface area contributed by atoms with Crippen molar-refractivity contribution in [2.45, 2.75) is 33.4 Å². The van der Waals surface area contributed by atoms with Crippen molar-refractivity contribution in [2.24, 2.45) is 5.92 Å². The molecule has 0 saturated heterocycles. The smallest absolute Gasteiger partial charge is 0.225 e. The van der Waals surface area contributed by atoms with Crippen LogP contribution in [0, 0.1) is 5.92 Å². The highest BCUT2D eigenvalue weighted by Crippen LogP contribution is 2.29. The zero-order chi connectivity index (χ0) is 18.6. The molecule has 0 bridgehead atoms. The van der Waals surface area contributed by atoms with Gasteiger partial charge in [0.05, 0.1) is 6.04 Å². The number of carbonyl (C=O) groups excluding carboxylic acids is 1. The number of hydrogen-bond donors (Lipinski definition) is 1. The summed E-state index contributed by atoms with van der Waals surface area (Å²) in [6, 6.07) is 16.0. The Kier molecular flexibility index (Phi) is 6.07. The second-order valence-corrected chi connectivity index (χ2v) is 6.99. The van der Waals surface area contributed by atoms with Crippen molar-refractivity contribution >= 4 is 17.3 Å². The summed E-state index contributed by atoms with van der Waals surface area (Å²) in [5, 5.41) is 0. The number of nitrogen functional groups attached to an aromatic ring is 1. The summed E-state index contributed by atoms with van der Waals surface area (Å²) in [4.78, 5) is 16.9. The van der Waals surface area contributed by atoms with Crippen molar-refractivity contribution in [1.29, 1.82) is 0 Å². The lowest BCUT2D eigenvalue weighted by molar-refractivity contribution is -0.137. The van der Waals surface area contributed by atoms with E-state index in [1.54, 1.807) is 0 Å². The van der Waals surface area contributed by atoms with Crippen LogP contribution in [0.3, 0.4) is 0 Å². The molecule has 0 aliphatic heterocycles. The molecule has 25 heavy (non-hydrogen) atoms. The summed E-state index contributed by atoms with van der Waals surface area (Å²) in [5.74, 6) is 0.0820. The maximum Gasteiger partial charge on any atom is 0.225 e. The Labute approximate surface area is 151 Å². The molecule has 0 heterocycles. The van der Waals surface area contributed by atoms with Gasteiger partial charge in [0, 0.05) is 37.9 Å². The van der Waals surface area contributed by atoms with E-state index >= 15 is 0 Å². The molecule has 1 amide bonds. The van der Waals surface area contributed by atoms with Crippen LogP contribution in [0.5, 0.6) is 0 Å². The predicted octanol–water partition coefficient (Wildman–Crippen LogP) is 4.08. The Morgan fingerprint density at radius 1 is 1.04 bits per heavy atom. The van der Waals surface area contributed by atoms with Crippen molar-refractivity contribution in [3.63, 3.8) is 0 Å². The summed E-state index contributed by atoms with van der Waals surface area (Å²) in [6.07, 6.45) is 0. The topological polar surface area (TPSA) is 49.6 Å². The standard InChI is InChI=1S/C21H29N3O/c1-15(2)21(25)24(16(3)17-9-7-6-8-10-17)14-18-13-19(22)11-12-20(18)23(4)5/h6-13,15-16H,14,22H2,1-5H3/t16-/m1/s1. The van der Waals surface area contributed by atoms with Crippen LogP contribution in [0.4, 0.5) is 11.4 Å². The molecule has 4 heteroatoms. The number of amides is 1. The van der Waals surface area contributed by atoms with Gasteiger partial charge in [0.15, 0.2) is 0 Å². The highest BCUT2D eigenvalue weighted by Gasteiger charge is 2.25. The molecule has 1 atom stereocenters. The van der Waals surface area contributed by atoms with Gasteiger partial charge in [-0.25, -0.2) is 0 Å². The first kappa shape index (κ1) is 18.8. The minimum Gasteiger partial charge on any atom is -0.399 e. The number of rotatable bonds is 6. The first-order chi connectivity index (χ1) is 11.8. The van der Waals surface area contributed by atoms with E-state index in [1.807, 2.05) is 69.2 Å². The number of hydrogen-bond acceptors (Lipinski definition) is 3. The van der Waals surface area contributed by atoms with Crippen molar-refractivity contribution < 1.29 is 4.79 Å². The molecule has 0 aliphatic carbocycles. The van der Waals surface area contributed by atoms with Gasteiger partial charge in [0.25, 0.3) is 0 Å². The van der Waals surface area contributed by atoms with Gasteiger partial charge in [-0.2, -0.15) is 0 Å². The first-order valence-corrected chi connectivity index (χ1v) is 8.72. The molecule has 2 N–H and O–H groups in total. The van der Waals surface area contributed by atoms with Crippen LogP contribution in [0.15, 0.2) is 48.5 Å². The number of nitrogens with two attached hydrogens (primary N) is 1. The number of carbonyl (C=O) groups is 1. The van der Waals surface area contributed by atoms with Gasteiger partial charge in [-0.05, 0) is 36.2 Å². The van der Waals surface area contributed by atoms with E-state index in [0.29, 0.717) is 12.2 Å². The highest BCUT2D eigenvalue weighted by molar-refractivity contribution is 5.79. The molecule has 2 aromatic rings. The summed E-state index contributed by atoms with van der Waals surface area (Å²) in [7, 11) is 4.01. The van der Waals surface area contributed by atoms with Gasteiger partial charge in [-0.1, -0.05) is 44.2 Å². The van der Waals surface area contributed by atoms with Crippen molar-refractivity contribution in [3.05, 3.63) is 59.7 Å². The monoisotopic (exact) mass is 339 g/mol. The van der Waals surface area contributed by atoms with Crippen LogP contribution in [0.2, 0.25) is 0 Å². The fourth-order valence-corrected chi connectivity index (χ4v) is 3.00. The Bertz CT molecular complexity index is 710. The lowest BCUT2D eigenvalue weighted by atomic mass is 10.0. The summed E-state index contributed by atoms with van der Waals surface area (Å²) < 4.78 is 0. The lowest BCUT2D eigenvalue weighted by Gasteiger charge is -2.32. The van der Waals surface area contributed by atoms with Crippen LogP contribution in [0.1, 0.15) is 37.9 Å². The summed E-state index contributed by atoms with van der Waals surface area (Å²) >= 11 is 0. The summed E-state index contributed by atoms with van der Waals surface area (Å²) in [5.41, 5.74) is 9.99. The third-order valence-corrected chi connectivity index (χ3v) is 4.45.